The van der Waals surface area contributed by atoms with Crippen molar-refractivity contribution < 1.29 is 13.2 Å². The molecule has 0 spiro atoms. The van der Waals surface area contributed by atoms with Crippen LogP contribution in [0.2, 0.25) is 5.02 Å². The molecule has 1 N–H and O–H groups in total. The third-order valence-electron chi connectivity index (χ3n) is 3.43. The topological polar surface area (TPSA) is 66.5 Å². The molecule has 2 rings (SSSR count). The van der Waals surface area contributed by atoms with Crippen molar-refractivity contribution in [1.29, 1.82) is 0 Å². The Morgan fingerprint density at radius 1 is 1.17 bits per heavy atom. The molecular weight excluding hydrogens is 348 g/mol. The smallest absolute Gasteiger partial charge is 0.245 e. The van der Waals surface area contributed by atoms with E-state index in [-0.39, 0.29) is 6.54 Å². The first-order chi connectivity index (χ1) is 11.3. The van der Waals surface area contributed by atoms with Crippen molar-refractivity contribution >= 4 is 38.9 Å². The zero-order chi connectivity index (χ0) is 17.7. The molecule has 7 heteroatoms. The molecule has 0 saturated carbocycles. The number of amides is 1. The van der Waals surface area contributed by atoms with E-state index in [2.05, 4.69) is 5.32 Å². The second-order valence-corrected chi connectivity index (χ2v) is 7.69. The average Bonchev–Trinajstić information content (AvgIpc) is 2.52. The lowest BCUT2D eigenvalue weighted by Crippen LogP contribution is -2.37. The maximum absolute atomic E-state index is 12.2. The zero-order valence-electron chi connectivity index (χ0n) is 13.5. The summed E-state index contributed by atoms with van der Waals surface area (Å²) >= 11 is 5.87. The first-order valence-corrected chi connectivity index (χ1v) is 9.64. The molecule has 0 saturated heterocycles. The molecule has 5 nitrogen and oxygen atoms in total. The van der Waals surface area contributed by atoms with Crippen molar-refractivity contribution in [2.45, 2.75) is 13.3 Å². The fraction of sp³-hybridized carbons (Fsp3) is 0.235. The molecule has 128 valence electrons. The summed E-state index contributed by atoms with van der Waals surface area (Å²) in [6.45, 7) is 1.71. The van der Waals surface area contributed by atoms with Crippen molar-refractivity contribution in [1.82, 2.24) is 0 Å². The van der Waals surface area contributed by atoms with Crippen LogP contribution in [-0.4, -0.2) is 27.1 Å². The average molecular weight is 367 g/mol. The standard InChI is InChI=1S/C17H19ClN2O3S/c1-3-13-7-9-16(10-8-13)20(24(2,22)23)12-17(21)19-15-6-4-5-14(18)11-15/h4-11H,3,12H2,1-2H3,(H,19,21). The van der Waals surface area contributed by atoms with E-state index in [1.807, 2.05) is 19.1 Å². The van der Waals surface area contributed by atoms with E-state index in [4.69, 9.17) is 11.6 Å². The number of halogens is 1. The highest BCUT2D eigenvalue weighted by molar-refractivity contribution is 7.92. The number of anilines is 2. The van der Waals surface area contributed by atoms with Gasteiger partial charge in [-0.2, -0.15) is 0 Å². The second kappa shape index (κ2) is 7.68. The van der Waals surface area contributed by atoms with Gasteiger partial charge in [-0.1, -0.05) is 36.7 Å². The highest BCUT2D eigenvalue weighted by Crippen LogP contribution is 2.19. The number of carbonyl (C=O) groups excluding carboxylic acids is 1. The lowest BCUT2D eigenvalue weighted by molar-refractivity contribution is -0.114. The van der Waals surface area contributed by atoms with Crippen LogP contribution in [0.1, 0.15) is 12.5 Å². The fourth-order valence-corrected chi connectivity index (χ4v) is 3.24. The highest BCUT2D eigenvalue weighted by Gasteiger charge is 2.20. The minimum absolute atomic E-state index is 0.309. The van der Waals surface area contributed by atoms with Gasteiger partial charge in [-0.25, -0.2) is 8.42 Å². The number of nitrogens with zero attached hydrogens (tertiary/aromatic N) is 1. The molecule has 0 unspecified atom stereocenters. The van der Waals surface area contributed by atoms with Gasteiger partial charge in [0.05, 0.1) is 11.9 Å². The van der Waals surface area contributed by atoms with Gasteiger partial charge in [0.15, 0.2) is 0 Å². The molecule has 24 heavy (non-hydrogen) atoms. The van der Waals surface area contributed by atoms with Crippen LogP contribution < -0.4 is 9.62 Å². The summed E-state index contributed by atoms with van der Waals surface area (Å²) in [7, 11) is -3.59. The van der Waals surface area contributed by atoms with Crippen LogP contribution >= 0.6 is 11.6 Å². The first-order valence-electron chi connectivity index (χ1n) is 7.41. The molecule has 0 aromatic heterocycles. The summed E-state index contributed by atoms with van der Waals surface area (Å²) in [6, 6.07) is 13.8. The van der Waals surface area contributed by atoms with Gasteiger partial charge in [-0.15, -0.1) is 0 Å². The van der Waals surface area contributed by atoms with Crippen molar-refractivity contribution in [3.05, 3.63) is 59.1 Å². The molecule has 0 heterocycles. The van der Waals surface area contributed by atoms with E-state index in [0.29, 0.717) is 16.4 Å². The molecule has 0 radical (unpaired) electrons. The van der Waals surface area contributed by atoms with E-state index in [0.717, 1.165) is 22.5 Å². The molecule has 0 atom stereocenters. The van der Waals surface area contributed by atoms with Gasteiger partial charge in [0.1, 0.15) is 6.54 Å². The molecule has 0 aliphatic heterocycles. The number of hydrogen-bond acceptors (Lipinski definition) is 3. The molecule has 0 aliphatic rings. The number of aryl methyl sites for hydroxylation is 1. The normalized spacial score (nSPS) is 11.1. The lowest BCUT2D eigenvalue weighted by atomic mass is 10.1. The number of rotatable bonds is 6. The molecular formula is C17H19ClN2O3S. The summed E-state index contributed by atoms with van der Waals surface area (Å²) in [5.74, 6) is -0.442. The molecule has 2 aromatic rings. The van der Waals surface area contributed by atoms with E-state index >= 15 is 0 Å². The molecule has 0 fully saturated rings. The van der Waals surface area contributed by atoms with Crippen LogP contribution in [0.3, 0.4) is 0 Å². The van der Waals surface area contributed by atoms with Crippen LogP contribution in [0, 0.1) is 0 Å². The lowest BCUT2D eigenvalue weighted by Gasteiger charge is -2.22. The molecule has 2 aromatic carbocycles. The van der Waals surface area contributed by atoms with Crippen molar-refractivity contribution in [2.24, 2.45) is 0 Å². The first kappa shape index (κ1) is 18.3. The van der Waals surface area contributed by atoms with Gasteiger partial charge in [0.25, 0.3) is 0 Å². The summed E-state index contributed by atoms with van der Waals surface area (Å²) in [5, 5.41) is 3.14. The Bertz CT molecular complexity index is 820. The zero-order valence-corrected chi connectivity index (χ0v) is 15.1. The summed E-state index contributed by atoms with van der Waals surface area (Å²) < 4.78 is 25.2. The summed E-state index contributed by atoms with van der Waals surface area (Å²) in [5.41, 5.74) is 2.06. The Morgan fingerprint density at radius 2 is 1.83 bits per heavy atom. The third kappa shape index (κ3) is 4.97. The minimum Gasteiger partial charge on any atom is -0.324 e. The number of sulfonamides is 1. The van der Waals surface area contributed by atoms with E-state index < -0.39 is 15.9 Å². The Labute approximate surface area is 147 Å². The number of hydrogen-bond donors (Lipinski definition) is 1. The highest BCUT2D eigenvalue weighted by atomic mass is 35.5. The van der Waals surface area contributed by atoms with Crippen LogP contribution in [0.5, 0.6) is 0 Å². The Hall–Kier alpha value is -2.05. The predicted molar refractivity (Wildman–Crippen MR) is 98.1 cm³/mol. The molecule has 0 aliphatic carbocycles. The molecule has 1 amide bonds. The molecule has 0 bridgehead atoms. The van der Waals surface area contributed by atoms with Gasteiger partial charge in [-0.3, -0.25) is 9.10 Å². The second-order valence-electron chi connectivity index (χ2n) is 5.35. The number of benzene rings is 2. The van der Waals surface area contributed by atoms with E-state index in [1.54, 1.807) is 36.4 Å². The number of nitrogens with one attached hydrogen (secondary N) is 1. The van der Waals surface area contributed by atoms with Crippen LogP contribution in [0.25, 0.3) is 0 Å². The fourth-order valence-electron chi connectivity index (χ4n) is 2.20. The maximum Gasteiger partial charge on any atom is 0.245 e. The van der Waals surface area contributed by atoms with Crippen LogP contribution in [0.4, 0.5) is 11.4 Å². The quantitative estimate of drug-likeness (QED) is 0.852. The predicted octanol–water partition coefficient (Wildman–Crippen LogP) is 3.31. The van der Waals surface area contributed by atoms with Crippen LogP contribution in [-0.2, 0) is 21.2 Å². The van der Waals surface area contributed by atoms with Crippen LogP contribution in [0.15, 0.2) is 48.5 Å². The summed E-state index contributed by atoms with van der Waals surface area (Å²) in [4.78, 5) is 12.2. The van der Waals surface area contributed by atoms with Gasteiger partial charge in [-0.05, 0) is 42.3 Å². The van der Waals surface area contributed by atoms with Crippen molar-refractivity contribution in [3.63, 3.8) is 0 Å². The minimum atomic E-state index is -3.59. The van der Waals surface area contributed by atoms with E-state index in [9.17, 15) is 13.2 Å². The Balaban J connectivity index is 2.18. The van der Waals surface area contributed by atoms with Gasteiger partial charge in [0, 0.05) is 10.7 Å². The number of carbonyl (C=O) groups is 1. The Kier molecular flexibility index (Phi) is 5.85. The largest absolute Gasteiger partial charge is 0.324 e. The van der Waals surface area contributed by atoms with E-state index in [1.165, 1.54) is 0 Å². The SMILES string of the molecule is CCc1ccc(N(CC(=O)Nc2cccc(Cl)c2)S(C)(=O)=O)cc1. The van der Waals surface area contributed by atoms with Crippen molar-refractivity contribution in [3.8, 4) is 0 Å². The van der Waals surface area contributed by atoms with Gasteiger partial charge < -0.3 is 5.32 Å². The van der Waals surface area contributed by atoms with Crippen molar-refractivity contribution in [2.75, 3.05) is 22.4 Å². The van der Waals surface area contributed by atoms with Gasteiger partial charge in [0.2, 0.25) is 15.9 Å². The summed E-state index contributed by atoms with van der Waals surface area (Å²) in [6.07, 6.45) is 1.93. The third-order valence-corrected chi connectivity index (χ3v) is 4.80. The Morgan fingerprint density at radius 3 is 2.38 bits per heavy atom. The monoisotopic (exact) mass is 366 g/mol. The maximum atomic E-state index is 12.2. The van der Waals surface area contributed by atoms with Gasteiger partial charge >= 0.3 is 0 Å².